The molecule has 1 unspecified atom stereocenters. The highest BCUT2D eigenvalue weighted by Gasteiger charge is 2.20. The van der Waals surface area contributed by atoms with E-state index in [4.69, 9.17) is 15.6 Å². The Balaban J connectivity index is 2.81. The second-order valence-electron chi connectivity index (χ2n) is 4.32. The highest BCUT2D eigenvalue weighted by molar-refractivity contribution is 5.93. The van der Waals surface area contributed by atoms with E-state index >= 15 is 0 Å². The van der Waals surface area contributed by atoms with Crippen LogP contribution in [0.1, 0.15) is 31.1 Å². The van der Waals surface area contributed by atoms with Gasteiger partial charge in [-0.25, -0.2) is 4.79 Å². The van der Waals surface area contributed by atoms with Crippen molar-refractivity contribution >= 4 is 17.6 Å². The molecule has 0 saturated carbocycles. The van der Waals surface area contributed by atoms with Crippen molar-refractivity contribution in [2.24, 2.45) is 0 Å². The first-order valence-corrected chi connectivity index (χ1v) is 6.48. The highest BCUT2D eigenvalue weighted by atomic mass is 16.5. The Bertz CT molecular complexity index is 498. The predicted molar refractivity (Wildman–Crippen MR) is 75.8 cm³/mol. The molecule has 1 amide bonds. The number of anilines is 1. The molecule has 0 aliphatic carbocycles. The maximum absolute atomic E-state index is 12.0. The minimum absolute atomic E-state index is 0.0140. The molecule has 6 heteroatoms. The van der Waals surface area contributed by atoms with Crippen LogP contribution in [0.4, 0.5) is 5.69 Å². The number of hydrogen-bond donors (Lipinski definition) is 2. The van der Waals surface area contributed by atoms with E-state index in [-0.39, 0.29) is 17.2 Å². The summed E-state index contributed by atoms with van der Waals surface area (Å²) in [7, 11) is 0. The molecule has 0 fully saturated rings. The lowest BCUT2D eigenvalue weighted by Crippen LogP contribution is -2.40. The minimum Gasteiger partial charge on any atom is -0.481 e. The molecule has 0 aromatic heterocycles. The fraction of sp³-hybridized carbons (Fsp3) is 0.429. The van der Waals surface area contributed by atoms with Crippen LogP contribution in [-0.2, 0) is 4.79 Å². The molecule has 1 aromatic rings. The molecule has 1 rings (SSSR count). The Hall–Kier alpha value is -2.24. The zero-order chi connectivity index (χ0) is 15.3. The lowest BCUT2D eigenvalue weighted by atomic mass is 10.2. The number of hydrogen-bond acceptors (Lipinski definition) is 4. The van der Waals surface area contributed by atoms with Gasteiger partial charge in [-0.3, -0.25) is 4.79 Å². The van der Waals surface area contributed by atoms with Gasteiger partial charge in [-0.2, -0.15) is 0 Å². The molecule has 0 bridgehead atoms. The second-order valence-corrected chi connectivity index (χ2v) is 4.32. The van der Waals surface area contributed by atoms with Gasteiger partial charge in [-0.05, 0) is 32.9 Å². The van der Waals surface area contributed by atoms with Gasteiger partial charge in [0, 0.05) is 24.8 Å². The van der Waals surface area contributed by atoms with Crippen molar-refractivity contribution in [1.29, 1.82) is 0 Å². The fourth-order valence-electron chi connectivity index (χ4n) is 1.86. The molecular weight excluding hydrogens is 260 g/mol. The molecule has 110 valence electrons. The summed E-state index contributed by atoms with van der Waals surface area (Å²) in [6, 6.07) is 4.27. The van der Waals surface area contributed by atoms with Crippen molar-refractivity contribution in [3.63, 3.8) is 0 Å². The lowest BCUT2D eigenvalue weighted by molar-refractivity contribution is -0.137. The third-order valence-electron chi connectivity index (χ3n) is 2.99. The van der Waals surface area contributed by atoms with Crippen LogP contribution in [0, 0.1) is 0 Å². The highest BCUT2D eigenvalue weighted by Crippen LogP contribution is 2.21. The molecule has 3 N–H and O–H groups in total. The van der Waals surface area contributed by atoms with Gasteiger partial charge < -0.3 is 20.5 Å². The standard InChI is InChI=1S/C14H20N2O4/c1-4-16(5-2)13(17)9(3)20-10-6-7-11(14(18)19)12(15)8-10/h6-9H,4-5,15H2,1-3H3,(H,18,19). The van der Waals surface area contributed by atoms with E-state index in [1.165, 1.54) is 18.2 Å². The number of carboxylic acids is 1. The predicted octanol–water partition coefficient (Wildman–Crippen LogP) is 1.60. The number of nitrogen functional groups attached to an aromatic ring is 1. The summed E-state index contributed by atoms with van der Waals surface area (Å²) in [6.07, 6.45) is -0.648. The number of rotatable bonds is 6. The number of nitrogens with zero attached hydrogens (tertiary/aromatic N) is 1. The zero-order valence-electron chi connectivity index (χ0n) is 11.9. The smallest absolute Gasteiger partial charge is 0.337 e. The number of amides is 1. The van der Waals surface area contributed by atoms with Gasteiger partial charge >= 0.3 is 5.97 Å². The summed E-state index contributed by atoms with van der Waals surface area (Å²) in [5.41, 5.74) is 5.75. The van der Waals surface area contributed by atoms with Gasteiger partial charge in [0.25, 0.3) is 5.91 Å². The summed E-state index contributed by atoms with van der Waals surface area (Å²) in [5, 5.41) is 8.88. The molecule has 1 aromatic carbocycles. The molecule has 20 heavy (non-hydrogen) atoms. The largest absolute Gasteiger partial charge is 0.481 e. The van der Waals surface area contributed by atoms with Gasteiger partial charge in [-0.1, -0.05) is 0 Å². The van der Waals surface area contributed by atoms with Crippen molar-refractivity contribution in [1.82, 2.24) is 4.90 Å². The van der Waals surface area contributed by atoms with Gasteiger partial charge in [0.05, 0.1) is 5.56 Å². The van der Waals surface area contributed by atoms with Crippen LogP contribution in [0.5, 0.6) is 5.75 Å². The summed E-state index contributed by atoms with van der Waals surface area (Å²) in [5.74, 6) is -0.835. The summed E-state index contributed by atoms with van der Waals surface area (Å²) < 4.78 is 5.51. The van der Waals surface area contributed by atoms with Crippen molar-refractivity contribution in [3.05, 3.63) is 23.8 Å². The Morgan fingerprint density at radius 1 is 1.35 bits per heavy atom. The Morgan fingerprint density at radius 3 is 2.40 bits per heavy atom. The molecule has 0 aliphatic heterocycles. The second kappa shape index (κ2) is 6.79. The topological polar surface area (TPSA) is 92.9 Å². The maximum atomic E-state index is 12.0. The number of carbonyl (C=O) groups is 2. The molecule has 0 radical (unpaired) electrons. The van der Waals surface area contributed by atoms with Gasteiger partial charge in [-0.15, -0.1) is 0 Å². The van der Waals surface area contributed by atoms with Crippen LogP contribution in [0.3, 0.4) is 0 Å². The van der Waals surface area contributed by atoms with E-state index in [0.29, 0.717) is 18.8 Å². The average molecular weight is 280 g/mol. The van der Waals surface area contributed by atoms with Crippen LogP contribution in [0.25, 0.3) is 0 Å². The maximum Gasteiger partial charge on any atom is 0.337 e. The van der Waals surface area contributed by atoms with E-state index < -0.39 is 12.1 Å². The van der Waals surface area contributed by atoms with Gasteiger partial charge in [0.15, 0.2) is 6.10 Å². The SMILES string of the molecule is CCN(CC)C(=O)C(C)Oc1ccc(C(=O)O)c(N)c1. The first-order chi connectivity index (χ1) is 9.40. The van der Waals surface area contributed by atoms with E-state index in [9.17, 15) is 9.59 Å². The fourth-order valence-corrected chi connectivity index (χ4v) is 1.86. The lowest BCUT2D eigenvalue weighted by Gasteiger charge is -2.23. The average Bonchev–Trinajstić information content (AvgIpc) is 2.39. The van der Waals surface area contributed by atoms with E-state index in [0.717, 1.165) is 0 Å². The summed E-state index contributed by atoms with van der Waals surface area (Å²) in [6.45, 7) is 6.68. The van der Waals surface area contributed by atoms with Crippen LogP contribution in [-0.4, -0.2) is 41.1 Å². The third-order valence-corrected chi connectivity index (χ3v) is 2.99. The van der Waals surface area contributed by atoms with E-state index in [2.05, 4.69) is 0 Å². The number of carboxylic acid groups (broad SMARTS) is 1. The Kier molecular flexibility index (Phi) is 5.37. The molecule has 0 heterocycles. The molecule has 0 saturated heterocycles. The van der Waals surface area contributed by atoms with Crippen LogP contribution in [0.15, 0.2) is 18.2 Å². The van der Waals surface area contributed by atoms with Gasteiger partial charge in [0.1, 0.15) is 5.75 Å². The first-order valence-electron chi connectivity index (χ1n) is 6.48. The van der Waals surface area contributed by atoms with Crippen molar-refractivity contribution in [2.75, 3.05) is 18.8 Å². The summed E-state index contributed by atoms with van der Waals surface area (Å²) in [4.78, 5) is 24.6. The van der Waals surface area contributed by atoms with Crippen LogP contribution < -0.4 is 10.5 Å². The van der Waals surface area contributed by atoms with Crippen molar-refractivity contribution in [2.45, 2.75) is 26.9 Å². The minimum atomic E-state index is -1.10. The van der Waals surface area contributed by atoms with Crippen molar-refractivity contribution in [3.8, 4) is 5.75 Å². The third kappa shape index (κ3) is 3.63. The number of carbonyl (C=O) groups excluding carboxylic acids is 1. The molecule has 6 nitrogen and oxygen atoms in total. The number of likely N-dealkylation sites (N-methyl/N-ethyl adjacent to an activating group) is 1. The Morgan fingerprint density at radius 2 is 1.95 bits per heavy atom. The number of nitrogens with two attached hydrogens (primary N) is 1. The van der Waals surface area contributed by atoms with Gasteiger partial charge in [0.2, 0.25) is 0 Å². The molecule has 1 atom stereocenters. The van der Waals surface area contributed by atoms with Crippen molar-refractivity contribution < 1.29 is 19.4 Å². The van der Waals surface area contributed by atoms with E-state index in [1.54, 1.807) is 11.8 Å². The Labute approximate surface area is 118 Å². The summed E-state index contributed by atoms with van der Waals surface area (Å²) >= 11 is 0. The first kappa shape index (κ1) is 15.8. The van der Waals surface area contributed by atoms with E-state index in [1.807, 2.05) is 13.8 Å². The number of ether oxygens (including phenoxy) is 1. The molecule has 0 spiro atoms. The molecular formula is C14H20N2O4. The monoisotopic (exact) mass is 280 g/mol. The number of benzene rings is 1. The van der Waals surface area contributed by atoms with Crippen LogP contribution >= 0.6 is 0 Å². The number of aromatic carboxylic acids is 1. The quantitative estimate of drug-likeness (QED) is 0.772. The molecule has 0 aliphatic rings. The zero-order valence-corrected chi connectivity index (χ0v) is 11.9. The normalized spacial score (nSPS) is 11.8. The van der Waals surface area contributed by atoms with Crippen LogP contribution in [0.2, 0.25) is 0 Å².